The fourth-order valence-corrected chi connectivity index (χ4v) is 2.74. The zero-order valence-electron chi connectivity index (χ0n) is 7.93. The van der Waals surface area contributed by atoms with Crippen LogP contribution in [0.5, 0.6) is 0 Å². The molecule has 2 aliphatic heterocycles. The number of esters is 1. The summed E-state index contributed by atoms with van der Waals surface area (Å²) in [4.78, 5) is 13.5. The lowest BCUT2D eigenvalue weighted by atomic mass is 9.87. The molecule has 2 heterocycles. The van der Waals surface area contributed by atoms with Crippen LogP contribution in [0.3, 0.4) is 0 Å². The summed E-state index contributed by atoms with van der Waals surface area (Å²) in [6.07, 6.45) is 1.46. The minimum absolute atomic E-state index is 0.161. The molecule has 4 nitrogen and oxygen atoms in total. The van der Waals surface area contributed by atoms with Crippen molar-refractivity contribution in [3.8, 4) is 0 Å². The highest BCUT2D eigenvalue weighted by Gasteiger charge is 2.54. The number of likely N-dealkylation sites (N-methyl/N-ethyl adjacent to an activating group) is 1. The van der Waals surface area contributed by atoms with Crippen molar-refractivity contribution < 1.29 is 14.6 Å². The van der Waals surface area contributed by atoms with Crippen LogP contribution in [0.15, 0.2) is 0 Å². The summed E-state index contributed by atoms with van der Waals surface area (Å²) < 4.78 is 4.68. The maximum absolute atomic E-state index is 11.4. The van der Waals surface area contributed by atoms with Gasteiger partial charge in [-0.1, -0.05) is 0 Å². The van der Waals surface area contributed by atoms with Crippen molar-refractivity contribution >= 4 is 5.97 Å². The van der Waals surface area contributed by atoms with Crippen LogP contribution >= 0.6 is 0 Å². The Kier molecular flexibility index (Phi) is 2.04. The lowest BCUT2D eigenvalue weighted by molar-refractivity contribution is -0.149. The molecule has 3 unspecified atom stereocenters. The van der Waals surface area contributed by atoms with Gasteiger partial charge in [0.1, 0.15) is 0 Å². The van der Waals surface area contributed by atoms with Crippen molar-refractivity contribution in [3.63, 3.8) is 0 Å². The maximum atomic E-state index is 11.4. The molecule has 2 aliphatic rings. The predicted molar refractivity (Wildman–Crippen MR) is 46.1 cm³/mol. The fraction of sp³-hybridized carbons (Fsp3) is 0.889. The number of carbonyl (C=O) groups excluding carboxylic acids is 1. The second-order valence-electron chi connectivity index (χ2n) is 3.92. The Bertz CT molecular complexity index is 231. The van der Waals surface area contributed by atoms with Crippen LogP contribution in [0.25, 0.3) is 0 Å². The van der Waals surface area contributed by atoms with Gasteiger partial charge >= 0.3 is 5.97 Å². The quantitative estimate of drug-likeness (QED) is 0.565. The lowest BCUT2D eigenvalue weighted by Gasteiger charge is -2.22. The van der Waals surface area contributed by atoms with Crippen molar-refractivity contribution in [1.29, 1.82) is 0 Å². The van der Waals surface area contributed by atoms with Crippen molar-refractivity contribution in [3.05, 3.63) is 0 Å². The minimum Gasteiger partial charge on any atom is -0.469 e. The van der Waals surface area contributed by atoms with E-state index in [2.05, 4.69) is 9.64 Å². The van der Waals surface area contributed by atoms with Crippen LogP contribution in [-0.2, 0) is 9.53 Å². The van der Waals surface area contributed by atoms with Gasteiger partial charge in [-0.05, 0) is 19.9 Å². The van der Waals surface area contributed by atoms with Gasteiger partial charge in [0.15, 0.2) is 0 Å². The zero-order valence-corrected chi connectivity index (χ0v) is 7.93. The van der Waals surface area contributed by atoms with Crippen LogP contribution < -0.4 is 0 Å². The minimum atomic E-state index is -0.531. The number of hydrogen-bond acceptors (Lipinski definition) is 4. The van der Waals surface area contributed by atoms with E-state index in [9.17, 15) is 9.90 Å². The van der Waals surface area contributed by atoms with E-state index < -0.39 is 6.10 Å². The molecule has 4 atom stereocenters. The van der Waals surface area contributed by atoms with Gasteiger partial charge in [-0.25, -0.2) is 0 Å². The second-order valence-corrected chi connectivity index (χ2v) is 3.92. The molecular formula is C9H15NO3. The van der Waals surface area contributed by atoms with Gasteiger partial charge in [-0.15, -0.1) is 0 Å². The number of methoxy groups -OCH3 is 1. The smallest absolute Gasteiger partial charge is 0.312 e. The van der Waals surface area contributed by atoms with Gasteiger partial charge in [0.2, 0.25) is 0 Å². The lowest BCUT2D eigenvalue weighted by Crippen LogP contribution is -2.38. The highest BCUT2D eigenvalue weighted by molar-refractivity contribution is 5.74. The van der Waals surface area contributed by atoms with E-state index in [1.807, 2.05) is 7.05 Å². The normalized spacial score (nSPS) is 43.9. The summed E-state index contributed by atoms with van der Waals surface area (Å²) >= 11 is 0. The molecule has 0 spiro atoms. The summed E-state index contributed by atoms with van der Waals surface area (Å²) in [6, 6.07) is 0.349. The Morgan fingerprint density at radius 1 is 1.46 bits per heavy atom. The number of ether oxygens (including phenoxy) is 1. The Balaban J connectivity index is 2.18. The SMILES string of the molecule is COC(=O)C1C(O)[C@H]2CCC1N2C. The molecule has 2 bridgehead atoms. The monoisotopic (exact) mass is 185 g/mol. The molecular weight excluding hydrogens is 170 g/mol. The Labute approximate surface area is 77.5 Å². The molecule has 0 aliphatic carbocycles. The number of fused-ring (bicyclic) bond motifs is 2. The van der Waals surface area contributed by atoms with Gasteiger partial charge < -0.3 is 9.84 Å². The van der Waals surface area contributed by atoms with E-state index in [1.54, 1.807) is 0 Å². The maximum Gasteiger partial charge on any atom is 0.312 e. The molecule has 2 fully saturated rings. The molecule has 13 heavy (non-hydrogen) atoms. The van der Waals surface area contributed by atoms with E-state index >= 15 is 0 Å². The first-order valence-corrected chi connectivity index (χ1v) is 4.64. The first-order valence-electron chi connectivity index (χ1n) is 4.64. The highest BCUT2D eigenvalue weighted by Crippen LogP contribution is 2.40. The van der Waals surface area contributed by atoms with Crippen LogP contribution in [-0.4, -0.2) is 48.3 Å². The number of rotatable bonds is 1. The average Bonchev–Trinajstić information content (AvgIpc) is 2.58. The summed E-state index contributed by atoms with van der Waals surface area (Å²) in [6.45, 7) is 0. The van der Waals surface area contributed by atoms with Crippen molar-refractivity contribution in [2.24, 2.45) is 5.92 Å². The van der Waals surface area contributed by atoms with E-state index in [-0.39, 0.29) is 24.0 Å². The predicted octanol–water partition coefficient (Wildman–Crippen LogP) is -0.387. The van der Waals surface area contributed by atoms with E-state index in [4.69, 9.17) is 0 Å². The van der Waals surface area contributed by atoms with Gasteiger partial charge in [0.05, 0.1) is 19.1 Å². The van der Waals surface area contributed by atoms with Crippen LogP contribution in [0, 0.1) is 5.92 Å². The zero-order chi connectivity index (χ0) is 9.59. The molecule has 74 valence electrons. The van der Waals surface area contributed by atoms with Crippen molar-refractivity contribution in [1.82, 2.24) is 4.90 Å². The third-order valence-electron chi connectivity index (χ3n) is 3.45. The molecule has 2 rings (SSSR count). The van der Waals surface area contributed by atoms with Gasteiger partial charge in [0.25, 0.3) is 0 Å². The summed E-state index contributed by atoms with van der Waals surface area (Å²) in [5.74, 6) is -0.597. The highest BCUT2D eigenvalue weighted by atomic mass is 16.5. The molecule has 0 aromatic rings. The Morgan fingerprint density at radius 2 is 2.08 bits per heavy atom. The first-order chi connectivity index (χ1) is 6.16. The summed E-state index contributed by atoms with van der Waals surface area (Å²) in [5.41, 5.74) is 0. The number of nitrogens with zero attached hydrogens (tertiary/aromatic N) is 1. The molecule has 0 amide bonds. The third-order valence-corrected chi connectivity index (χ3v) is 3.45. The number of aliphatic hydroxyl groups excluding tert-OH is 1. The van der Waals surface area contributed by atoms with Crippen LogP contribution in [0.1, 0.15) is 12.8 Å². The number of hydrogen-bond donors (Lipinski definition) is 1. The standard InChI is InChI=1S/C9H15NO3/c1-10-5-3-4-6(10)8(11)7(5)9(12)13-2/h5-8,11H,3-4H2,1-2H3/t5?,6-,7?,8?/m1/s1. The van der Waals surface area contributed by atoms with E-state index in [0.29, 0.717) is 0 Å². The second kappa shape index (κ2) is 2.96. The topological polar surface area (TPSA) is 49.8 Å². The number of aliphatic hydroxyl groups is 1. The summed E-state index contributed by atoms with van der Waals surface area (Å²) in [7, 11) is 3.34. The van der Waals surface area contributed by atoms with E-state index in [0.717, 1.165) is 12.8 Å². The Hall–Kier alpha value is -0.610. The first kappa shape index (κ1) is 8.97. The van der Waals surface area contributed by atoms with Crippen molar-refractivity contribution in [2.75, 3.05) is 14.2 Å². The van der Waals surface area contributed by atoms with Gasteiger partial charge in [-0.3, -0.25) is 9.69 Å². The van der Waals surface area contributed by atoms with Crippen LogP contribution in [0.4, 0.5) is 0 Å². The average molecular weight is 185 g/mol. The third kappa shape index (κ3) is 1.09. The molecule has 0 aromatic carbocycles. The van der Waals surface area contributed by atoms with Crippen molar-refractivity contribution in [2.45, 2.75) is 31.0 Å². The largest absolute Gasteiger partial charge is 0.469 e. The van der Waals surface area contributed by atoms with E-state index in [1.165, 1.54) is 7.11 Å². The molecule has 1 N–H and O–H groups in total. The molecule has 0 radical (unpaired) electrons. The van der Waals surface area contributed by atoms with Crippen LogP contribution in [0.2, 0.25) is 0 Å². The molecule has 4 heteroatoms. The summed E-state index contributed by atoms with van der Waals surface area (Å²) in [5, 5.41) is 9.81. The van der Waals surface area contributed by atoms with Gasteiger partial charge in [0, 0.05) is 12.1 Å². The molecule has 2 saturated heterocycles. The Morgan fingerprint density at radius 3 is 2.54 bits per heavy atom. The molecule has 0 saturated carbocycles. The fourth-order valence-electron chi connectivity index (χ4n) is 2.74. The number of carbonyl (C=O) groups is 1. The molecule has 0 aromatic heterocycles. The van der Waals surface area contributed by atoms with Gasteiger partial charge in [-0.2, -0.15) is 0 Å².